The maximum Gasteiger partial charge on any atom is 0.191 e. The van der Waals surface area contributed by atoms with Gasteiger partial charge in [0.25, 0.3) is 0 Å². The van der Waals surface area contributed by atoms with E-state index in [1.54, 1.807) is 7.11 Å². The zero-order valence-electron chi connectivity index (χ0n) is 16.2. The van der Waals surface area contributed by atoms with Crippen molar-refractivity contribution in [2.24, 2.45) is 16.8 Å². The number of likely N-dealkylation sites (tertiary alicyclic amines) is 1. The molecule has 2 unspecified atom stereocenters. The molecule has 1 aliphatic carbocycles. The second kappa shape index (κ2) is 10.3. The molecule has 0 aromatic heterocycles. The fraction of sp³-hybridized carbons (Fsp3) is 0.650. The number of hydrogen-bond donors (Lipinski definition) is 2. The minimum Gasteiger partial charge on any atom is -0.497 e. The van der Waals surface area contributed by atoms with Crippen molar-refractivity contribution < 1.29 is 4.74 Å². The van der Waals surface area contributed by atoms with Crippen LogP contribution in [-0.4, -0.2) is 50.7 Å². The Morgan fingerprint density at radius 3 is 2.42 bits per heavy atom. The van der Waals surface area contributed by atoms with Gasteiger partial charge < -0.3 is 15.4 Å². The molecule has 1 aromatic carbocycles. The van der Waals surface area contributed by atoms with Gasteiger partial charge in [-0.25, -0.2) is 0 Å². The smallest absolute Gasteiger partial charge is 0.191 e. The molecular weight excluding hydrogens is 439 g/mol. The molecule has 2 aliphatic rings. The van der Waals surface area contributed by atoms with Gasteiger partial charge in [0.2, 0.25) is 0 Å². The normalized spacial score (nSPS) is 23.9. The van der Waals surface area contributed by atoms with Gasteiger partial charge in [-0.15, -0.1) is 24.0 Å². The van der Waals surface area contributed by atoms with Gasteiger partial charge in [-0.2, -0.15) is 0 Å². The number of nitrogens with one attached hydrogen (secondary N) is 2. The van der Waals surface area contributed by atoms with Gasteiger partial charge in [-0.1, -0.05) is 19.1 Å². The first-order chi connectivity index (χ1) is 12.2. The standard InChI is InChI=1S/C20H32N4O.HI/c1-15-12-19(15)23-20(21-2)22-13-16-8-10-24(11-9-16)14-17-4-6-18(25-3)7-5-17;/h4-7,15-16,19H,8-14H2,1-3H3,(H2,21,22,23);1H. The number of ether oxygens (including phenoxy) is 1. The predicted molar refractivity (Wildman–Crippen MR) is 118 cm³/mol. The monoisotopic (exact) mass is 472 g/mol. The first-order valence-corrected chi connectivity index (χ1v) is 9.50. The van der Waals surface area contributed by atoms with Gasteiger partial charge in [0.05, 0.1) is 7.11 Å². The van der Waals surface area contributed by atoms with Gasteiger partial charge in [0.1, 0.15) is 5.75 Å². The van der Waals surface area contributed by atoms with Gasteiger partial charge in [0.15, 0.2) is 5.96 Å². The third-order valence-corrected chi connectivity index (χ3v) is 5.49. The van der Waals surface area contributed by atoms with Crippen LogP contribution in [0.25, 0.3) is 0 Å². The molecule has 0 amide bonds. The summed E-state index contributed by atoms with van der Waals surface area (Å²) in [6.45, 7) is 6.68. The van der Waals surface area contributed by atoms with Crippen molar-refractivity contribution in [3.8, 4) is 5.75 Å². The summed E-state index contributed by atoms with van der Waals surface area (Å²) < 4.78 is 5.23. The van der Waals surface area contributed by atoms with Crippen molar-refractivity contribution in [1.82, 2.24) is 15.5 Å². The number of rotatable bonds is 6. The number of benzene rings is 1. The Hall–Kier alpha value is -1.02. The van der Waals surface area contributed by atoms with Gasteiger partial charge in [-0.3, -0.25) is 9.89 Å². The first-order valence-electron chi connectivity index (χ1n) is 9.50. The maximum atomic E-state index is 5.23. The van der Waals surface area contributed by atoms with Crippen LogP contribution >= 0.6 is 24.0 Å². The van der Waals surface area contributed by atoms with E-state index in [0.717, 1.165) is 36.6 Å². The zero-order valence-corrected chi connectivity index (χ0v) is 18.5. The summed E-state index contributed by atoms with van der Waals surface area (Å²) in [5.74, 6) is 3.42. The number of halogens is 1. The van der Waals surface area contributed by atoms with E-state index in [9.17, 15) is 0 Å². The number of hydrogen-bond acceptors (Lipinski definition) is 3. The average Bonchev–Trinajstić information content (AvgIpc) is 3.35. The molecule has 1 aliphatic heterocycles. The van der Waals surface area contributed by atoms with Crippen LogP contribution in [0.15, 0.2) is 29.3 Å². The summed E-state index contributed by atoms with van der Waals surface area (Å²) in [7, 11) is 3.57. The second-order valence-corrected chi connectivity index (χ2v) is 7.48. The van der Waals surface area contributed by atoms with Crippen molar-refractivity contribution in [3.63, 3.8) is 0 Å². The van der Waals surface area contributed by atoms with Gasteiger partial charge in [0, 0.05) is 26.2 Å². The Labute approximate surface area is 175 Å². The molecule has 2 fully saturated rings. The van der Waals surface area contributed by atoms with Crippen LogP contribution in [0.1, 0.15) is 31.7 Å². The molecule has 1 heterocycles. The molecule has 1 aromatic rings. The molecular formula is C20H33IN4O. The van der Waals surface area contributed by atoms with E-state index in [4.69, 9.17) is 4.74 Å². The molecule has 2 atom stereocenters. The van der Waals surface area contributed by atoms with E-state index in [0.29, 0.717) is 6.04 Å². The van der Waals surface area contributed by atoms with Crippen LogP contribution in [0.2, 0.25) is 0 Å². The summed E-state index contributed by atoms with van der Waals surface area (Å²) >= 11 is 0. The largest absolute Gasteiger partial charge is 0.497 e. The fourth-order valence-electron chi connectivity index (χ4n) is 3.47. The highest BCUT2D eigenvalue weighted by molar-refractivity contribution is 14.0. The highest BCUT2D eigenvalue weighted by Gasteiger charge is 2.33. The van der Waals surface area contributed by atoms with Crippen LogP contribution in [0.4, 0.5) is 0 Å². The highest BCUT2D eigenvalue weighted by Crippen LogP contribution is 2.28. The number of methoxy groups -OCH3 is 1. The Bertz CT molecular complexity index is 570. The van der Waals surface area contributed by atoms with E-state index < -0.39 is 0 Å². The molecule has 26 heavy (non-hydrogen) atoms. The van der Waals surface area contributed by atoms with Crippen LogP contribution in [0.3, 0.4) is 0 Å². The predicted octanol–water partition coefficient (Wildman–Crippen LogP) is 3.10. The summed E-state index contributed by atoms with van der Waals surface area (Å²) in [5.41, 5.74) is 1.36. The maximum absolute atomic E-state index is 5.23. The fourth-order valence-corrected chi connectivity index (χ4v) is 3.47. The lowest BCUT2D eigenvalue weighted by Crippen LogP contribution is -2.43. The quantitative estimate of drug-likeness (QED) is 0.380. The number of nitrogens with zero attached hydrogens (tertiary/aromatic N) is 2. The van der Waals surface area contributed by atoms with Crippen LogP contribution in [0.5, 0.6) is 5.75 Å². The van der Waals surface area contributed by atoms with E-state index >= 15 is 0 Å². The summed E-state index contributed by atoms with van der Waals surface area (Å²) in [6.07, 6.45) is 3.77. The average molecular weight is 472 g/mol. The first kappa shape index (κ1) is 21.3. The Balaban J connectivity index is 0.00000243. The molecule has 5 nitrogen and oxygen atoms in total. The third kappa shape index (κ3) is 6.30. The minimum absolute atomic E-state index is 0. The molecule has 146 valence electrons. The molecule has 0 bridgehead atoms. The van der Waals surface area contributed by atoms with Crippen LogP contribution < -0.4 is 15.4 Å². The van der Waals surface area contributed by atoms with E-state index in [1.807, 2.05) is 19.2 Å². The molecule has 1 saturated carbocycles. The zero-order chi connectivity index (χ0) is 17.6. The summed E-state index contributed by atoms with van der Waals surface area (Å²) in [6, 6.07) is 9.05. The highest BCUT2D eigenvalue weighted by atomic mass is 127. The van der Waals surface area contributed by atoms with Crippen molar-refractivity contribution in [3.05, 3.63) is 29.8 Å². The molecule has 3 rings (SSSR count). The Morgan fingerprint density at radius 1 is 1.23 bits per heavy atom. The lowest BCUT2D eigenvalue weighted by molar-refractivity contribution is 0.178. The SMILES string of the molecule is CN=C(NCC1CCN(Cc2ccc(OC)cc2)CC1)NC1CC1C.I. The number of piperidine rings is 1. The van der Waals surface area contributed by atoms with Crippen molar-refractivity contribution in [2.75, 3.05) is 33.8 Å². The number of guanidine groups is 1. The molecule has 0 spiro atoms. The molecule has 0 radical (unpaired) electrons. The lowest BCUT2D eigenvalue weighted by Gasteiger charge is -2.32. The van der Waals surface area contributed by atoms with Gasteiger partial charge in [-0.05, 0) is 61.9 Å². The van der Waals surface area contributed by atoms with E-state index in [-0.39, 0.29) is 24.0 Å². The van der Waals surface area contributed by atoms with E-state index in [1.165, 1.54) is 37.9 Å². The molecule has 6 heteroatoms. The Kier molecular flexibility index (Phi) is 8.47. The third-order valence-electron chi connectivity index (χ3n) is 5.49. The van der Waals surface area contributed by atoms with Crippen LogP contribution in [-0.2, 0) is 6.54 Å². The minimum atomic E-state index is 0. The number of aliphatic imine (C=N–C) groups is 1. The van der Waals surface area contributed by atoms with Crippen molar-refractivity contribution in [2.45, 2.75) is 38.8 Å². The topological polar surface area (TPSA) is 48.9 Å². The summed E-state index contributed by atoms with van der Waals surface area (Å²) in [4.78, 5) is 6.90. The molecule has 1 saturated heterocycles. The molecule has 2 N–H and O–H groups in total. The summed E-state index contributed by atoms with van der Waals surface area (Å²) in [5, 5.41) is 7.01. The lowest BCUT2D eigenvalue weighted by atomic mass is 9.96. The Morgan fingerprint density at radius 2 is 1.88 bits per heavy atom. The van der Waals surface area contributed by atoms with Crippen molar-refractivity contribution >= 4 is 29.9 Å². The van der Waals surface area contributed by atoms with Gasteiger partial charge >= 0.3 is 0 Å². The van der Waals surface area contributed by atoms with Crippen LogP contribution in [0, 0.1) is 11.8 Å². The second-order valence-electron chi connectivity index (χ2n) is 7.48. The van der Waals surface area contributed by atoms with E-state index in [2.05, 4.69) is 39.6 Å². The van der Waals surface area contributed by atoms with Crippen molar-refractivity contribution in [1.29, 1.82) is 0 Å².